The first-order valence-corrected chi connectivity index (χ1v) is 7.71. The van der Waals surface area contributed by atoms with Crippen LogP contribution in [0.4, 0.5) is 5.69 Å². The number of nitro groups is 1. The molecule has 1 atom stereocenters. The second-order valence-corrected chi connectivity index (χ2v) is 6.51. The van der Waals surface area contributed by atoms with Crippen molar-refractivity contribution in [2.45, 2.75) is 17.4 Å². The number of hydrogen-bond donors (Lipinski definition) is 2. The van der Waals surface area contributed by atoms with Crippen LogP contribution in [0.3, 0.4) is 0 Å². The summed E-state index contributed by atoms with van der Waals surface area (Å²) in [5, 5.41) is 11.0. The Morgan fingerprint density at radius 1 is 1.43 bits per heavy atom. The number of nitrogens with two attached hydrogens (primary N) is 1. The molecule has 0 bridgehead atoms. The predicted molar refractivity (Wildman–Crippen MR) is 79.4 cm³/mol. The van der Waals surface area contributed by atoms with Crippen molar-refractivity contribution in [3.8, 4) is 5.75 Å². The van der Waals surface area contributed by atoms with Crippen LogP contribution in [0, 0.1) is 10.1 Å². The molecule has 1 rings (SSSR count). The van der Waals surface area contributed by atoms with Crippen molar-refractivity contribution in [2.75, 3.05) is 20.8 Å². The zero-order valence-electron chi connectivity index (χ0n) is 12.7. The van der Waals surface area contributed by atoms with Crippen molar-refractivity contribution in [3.05, 3.63) is 28.3 Å². The van der Waals surface area contributed by atoms with E-state index in [9.17, 15) is 23.3 Å². The van der Waals surface area contributed by atoms with E-state index in [0.29, 0.717) is 0 Å². The number of ether oxygens (including phenoxy) is 2. The van der Waals surface area contributed by atoms with Gasteiger partial charge in [0.25, 0.3) is 0 Å². The highest BCUT2D eigenvalue weighted by atomic mass is 32.2. The molecule has 0 radical (unpaired) electrons. The van der Waals surface area contributed by atoms with Gasteiger partial charge in [-0.25, -0.2) is 8.42 Å². The number of nitrogens with zero attached hydrogens (tertiary/aromatic N) is 1. The molecule has 0 aliphatic rings. The average Bonchev–Trinajstić information content (AvgIpc) is 2.45. The second-order valence-electron chi connectivity index (χ2n) is 4.83. The molecule has 23 heavy (non-hydrogen) atoms. The molecule has 0 aliphatic heterocycles. The molecule has 0 heterocycles. The molecule has 1 aromatic carbocycles. The number of nitrogens with one attached hydrogen (secondary N) is 1. The number of carbonyl (C=O) groups is 1. The van der Waals surface area contributed by atoms with Crippen LogP contribution in [0.2, 0.25) is 0 Å². The lowest BCUT2D eigenvalue weighted by atomic mass is 10.1. The van der Waals surface area contributed by atoms with E-state index in [1.165, 1.54) is 21.1 Å². The molecular formula is C12H17N3O7S. The van der Waals surface area contributed by atoms with E-state index in [1.807, 2.05) is 0 Å². The summed E-state index contributed by atoms with van der Waals surface area (Å²) in [5.41, 5.74) is 2.96. The molecule has 0 aliphatic carbocycles. The third-order valence-electron chi connectivity index (χ3n) is 2.99. The van der Waals surface area contributed by atoms with E-state index in [0.717, 1.165) is 18.2 Å². The van der Waals surface area contributed by atoms with Gasteiger partial charge < -0.3 is 15.2 Å². The first kappa shape index (κ1) is 18.8. The summed E-state index contributed by atoms with van der Waals surface area (Å²) in [7, 11) is -1.77. The minimum absolute atomic E-state index is 0.0940. The van der Waals surface area contributed by atoms with Crippen LogP contribution in [-0.2, 0) is 19.6 Å². The molecule has 11 heteroatoms. The van der Waals surface area contributed by atoms with E-state index in [4.69, 9.17) is 15.2 Å². The Balaban J connectivity index is 3.31. The summed E-state index contributed by atoms with van der Waals surface area (Å²) < 4.78 is 36.4. The first-order valence-electron chi connectivity index (χ1n) is 6.22. The minimum Gasteiger partial charge on any atom is -0.490 e. The molecule has 1 aromatic rings. The lowest BCUT2D eigenvalue weighted by Crippen LogP contribution is -2.58. The Labute approximate surface area is 132 Å². The smallest absolute Gasteiger partial charge is 0.312 e. The molecule has 0 saturated carbocycles. The summed E-state index contributed by atoms with van der Waals surface area (Å²) in [4.78, 5) is 21.3. The van der Waals surface area contributed by atoms with E-state index < -0.39 is 37.0 Å². The van der Waals surface area contributed by atoms with Crippen LogP contribution in [0.1, 0.15) is 6.92 Å². The van der Waals surface area contributed by atoms with E-state index in [2.05, 4.69) is 4.72 Å². The number of benzene rings is 1. The third-order valence-corrected chi connectivity index (χ3v) is 4.59. The van der Waals surface area contributed by atoms with E-state index >= 15 is 0 Å². The van der Waals surface area contributed by atoms with Crippen molar-refractivity contribution < 1.29 is 27.6 Å². The normalized spacial score (nSPS) is 14.0. The molecule has 0 unspecified atom stereocenters. The van der Waals surface area contributed by atoms with Crippen LogP contribution in [0.5, 0.6) is 5.75 Å². The van der Waals surface area contributed by atoms with Crippen molar-refractivity contribution in [3.63, 3.8) is 0 Å². The van der Waals surface area contributed by atoms with Crippen molar-refractivity contribution in [2.24, 2.45) is 5.73 Å². The minimum atomic E-state index is -4.26. The van der Waals surface area contributed by atoms with Crippen LogP contribution >= 0.6 is 0 Å². The van der Waals surface area contributed by atoms with E-state index in [-0.39, 0.29) is 12.4 Å². The van der Waals surface area contributed by atoms with Gasteiger partial charge in [-0.05, 0) is 19.1 Å². The van der Waals surface area contributed by atoms with Crippen LogP contribution in [0.25, 0.3) is 0 Å². The Morgan fingerprint density at radius 2 is 2.04 bits per heavy atom. The lowest BCUT2D eigenvalue weighted by Gasteiger charge is -2.26. The highest BCUT2D eigenvalue weighted by molar-refractivity contribution is 7.89. The van der Waals surface area contributed by atoms with Crippen LogP contribution in [0.15, 0.2) is 23.1 Å². The predicted octanol–water partition coefficient (Wildman–Crippen LogP) is -0.228. The number of sulfonamides is 1. The summed E-state index contributed by atoms with van der Waals surface area (Å²) in [6.07, 6.45) is 0. The van der Waals surface area contributed by atoms with Gasteiger partial charge in [-0.3, -0.25) is 14.9 Å². The molecular weight excluding hydrogens is 330 g/mol. The molecule has 0 aromatic heterocycles. The van der Waals surface area contributed by atoms with Crippen molar-refractivity contribution in [1.29, 1.82) is 0 Å². The molecule has 128 valence electrons. The standard InChI is InChI=1S/C12H17N3O7S/c1-12(7-21-2,11(13)16)14-23(19,20)8-4-5-10(22-3)9(6-8)15(17)18/h4-6,14H,7H2,1-3H3,(H2,13,16)/t12-/m1/s1. The maximum absolute atomic E-state index is 12.4. The van der Waals surface area contributed by atoms with E-state index in [1.54, 1.807) is 0 Å². The van der Waals surface area contributed by atoms with Gasteiger partial charge in [-0.1, -0.05) is 0 Å². The highest BCUT2D eigenvalue weighted by Crippen LogP contribution is 2.29. The van der Waals surface area contributed by atoms with Gasteiger partial charge in [0.2, 0.25) is 15.9 Å². The maximum atomic E-state index is 12.4. The molecule has 0 fully saturated rings. The maximum Gasteiger partial charge on any atom is 0.312 e. The molecule has 10 nitrogen and oxygen atoms in total. The number of primary amides is 1. The fraction of sp³-hybridized carbons (Fsp3) is 0.417. The molecule has 3 N–H and O–H groups in total. The number of hydrogen-bond acceptors (Lipinski definition) is 7. The van der Waals surface area contributed by atoms with Crippen molar-refractivity contribution >= 4 is 21.6 Å². The first-order chi connectivity index (χ1) is 10.6. The monoisotopic (exact) mass is 347 g/mol. The van der Waals surface area contributed by atoms with Gasteiger partial charge in [0.1, 0.15) is 5.54 Å². The summed E-state index contributed by atoms with van der Waals surface area (Å²) in [5.74, 6) is -1.05. The number of nitro benzene ring substituents is 1. The zero-order chi connectivity index (χ0) is 17.8. The summed E-state index contributed by atoms with van der Waals surface area (Å²) in [6.45, 7) is 0.939. The Hall–Kier alpha value is -2.24. The molecule has 0 spiro atoms. The SMILES string of the molecule is COC[C@@](C)(NS(=O)(=O)c1ccc(OC)c([N+](=O)[O-])c1)C(N)=O. The van der Waals surface area contributed by atoms with Gasteiger partial charge in [-0.15, -0.1) is 0 Å². The Bertz CT molecular complexity index is 719. The van der Waals surface area contributed by atoms with Gasteiger partial charge in [0.15, 0.2) is 5.75 Å². The molecule has 1 amide bonds. The summed E-state index contributed by atoms with van der Waals surface area (Å²) in [6, 6.07) is 3.09. The average molecular weight is 347 g/mol. The molecule has 0 saturated heterocycles. The number of methoxy groups -OCH3 is 2. The second kappa shape index (κ2) is 6.89. The van der Waals surface area contributed by atoms with Gasteiger partial charge in [-0.2, -0.15) is 4.72 Å². The van der Waals surface area contributed by atoms with Gasteiger partial charge >= 0.3 is 5.69 Å². The van der Waals surface area contributed by atoms with Crippen LogP contribution in [-0.4, -0.2) is 45.6 Å². The van der Waals surface area contributed by atoms with Gasteiger partial charge in [0, 0.05) is 13.2 Å². The quantitative estimate of drug-likeness (QED) is 0.487. The fourth-order valence-electron chi connectivity index (χ4n) is 1.77. The van der Waals surface area contributed by atoms with Crippen molar-refractivity contribution in [1.82, 2.24) is 4.72 Å². The van der Waals surface area contributed by atoms with Gasteiger partial charge in [0.05, 0.1) is 23.5 Å². The zero-order valence-corrected chi connectivity index (χ0v) is 13.5. The topological polar surface area (TPSA) is 151 Å². The number of carbonyl (C=O) groups excluding carboxylic acids is 1. The largest absolute Gasteiger partial charge is 0.490 e. The Morgan fingerprint density at radius 3 is 2.48 bits per heavy atom. The third kappa shape index (κ3) is 4.15. The fourth-order valence-corrected chi connectivity index (χ4v) is 3.16. The number of rotatable bonds is 8. The lowest BCUT2D eigenvalue weighted by molar-refractivity contribution is -0.386. The highest BCUT2D eigenvalue weighted by Gasteiger charge is 2.37. The Kier molecular flexibility index (Phi) is 5.64. The summed E-state index contributed by atoms with van der Waals surface area (Å²) >= 11 is 0. The van der Waals surface area contributed by atoms with Crippen LogP contribution < -0.4 is 15.2 Å². The number of amides is 1.